The minimum atomic E-state index is 0.618. The molecule has 5 heteroatoms. The summed E-state index contributed by atoms with van der Waals surface area (Å²) in [6, 6.07) is 0. The van der Waals surface area contributed by atoms with Crippen LogP contribution in [0.5, 0.6) is 0 Å². The van der Waals surface area contributed by atoms with E-state index in [1.165, 1.54) is 35.1 Å². The molecule has 1 unspecified atom stereocenters. The number of nitrogens with zero attached hydrogens (tertiary/aromatic N) is 4. The van der Waals surface area contributed by atoms with Gasteiger partial charge in [0, 0.05) is 11.3 Å². The van der Waals surface area contributed by atoms with Crippen molar-refractivity contribution in [3.63, 3.8) is 0 Å². The second-order valence-electron chi connectivity index (χ2n) is 5.31. The Kier molecular flexibility index (Phi) is 2.39. The first-order valence-corrected chi connectivity index (χ1v) is 7.75. The van der Waals surface area contributed by atoms with Gasteiger partial charge in [0.1, 0.15) is 11.2 Å². The van der Waals surface area contributed by atoms with E-state index < -0.39 is 0 Å². The molecule has 0 N–H and O–H groups in total. The second-order valence-corrected chi connectivity index (χ2v) is 6.39. The molecular formula is C14H16N4S. The number of thiophene rings is 1. The number of hydrogen-bond donors (Lipinski definition) is 0. The van der Waals surface area contributed by atoms with Crippen molar-refractivity contribution in [3.05, 3.63) is 22.6 Å². The summed E-state index contributed by atoms with van der Waals surface area (Å²) >= 11 is 1.84. The summed E-state index contributed by atoms with van der Waals surface area (Å²) in [6.07, 6.45) is 6.43. The normalized spacial score (nSPS) is 19.2. The molecule has 1 aliphatic rings. The van der Waals surface area contributed by atoms with Crippen LogP contribution >= 0.6 is 11.3 Å². The molecule has 0 fully saturated rings. The van der Waals surface area contributed by atoms with Gasteiger partial charge in [-0.25, -0.2) is 14.5 Å². The molecule has 0 aromatic carbocycles. The summed E-state index contributed by atoms with van der Waals surface area (Å²) < 4.78 is 1.84. The van der Waals surface area contributed by atoms with Crippen LogP contribution in [0.4, 0.5) is 0 Å². The molecule has 4 nitrogen and oxygen atoms in total. The van der Waals surface area contributed by atoms with Gasteiger partial charge in [0.05, 0.1) is 5.39 Å². The molecule has 3 aromatic heterocycles. The molecule has 0 radical (unpaired) electrons. The quantitative estimate of drug-likeness (QED) is 0.682. The third-order valence-electron chi connectivity index (χ3n) is 4.04. The van der Waals surface area contributed by atoms with Crippen LogP contribution in [0.15, 0.2) is 6.33 Å². The molecule has 1 aliphatic carbocycles. The second kappa shape index (κ2) is 4.00. The molecule has 19 heavy (non-hydrogen) atoms. The summed E-state index contributed by atoms with van der Waals surface area (Å²) in [4.78, 5) is 11.9. The van der Waals surface area contributed by atoms with Crippen LogP contribution in [0.2, 0.25) is 0 Å². The molecule has 0 bridgehead atoms. The fourth-order valence-corrected chi connectivity index (χ4v) is 4.38. The Bertz CT molecular complexity index is 771. The minimum absolute atomic E-state index is 0.618. The molecule has 98 valence electrons. The summed E-state index contributed by atoms with van der Waals surface area (Å²) in [5.41, 5.74) is 2.48. The lowest BCUT2D eigenvalue weighted by Crippen LogP contribution is -2.04. The Morgan fingerprint density at radius 1 is 1.47 bits per heavy atom. The van der Waals surface area contributed by atoms with Crippen LogP contribution in [-0.2, 0) is 12.8 Å². The average Bonchev–Trinajstić information content (AvgIpc) is 2.98. The molecule has 0 amide bonds. The third kappa shape index (κ3) is 1.54. The number of fused-ring (bicyclic) bond motifs is 5. The molecule has 0 spiro atoms. The van der Waals surface area contributed by atoms with Crippen molar-refractivity contribution in [1.82, 2.24) is 19.6 Å². The first-order chi connectivity index (χ1) is 9.28. The Morgan fingerprint density at radius 3 is 3.21 bits per heavy atom. The van der Waals surface area contributed by atoms with Crippen molar-refractivity contribution in [3.8, 4) is 0 Å². The van der Waals surface area contributed by atoms with Crippen molar-refractivity contribution in [2.45, 2.75) is 45.4 Å². The Hall–Kier alpha value is -1.49. The molecule has 0 saturated heterocycles. The lowest BCUT2D eigenvalue weighted by Gasteiger charge is -2.18. The lowest BCUT2D eigenvalue weighted by atomic mass is 9.87. The Balaban J connectivity index is 2.13. The van der Waals surface area contributed by atoms with E-state index in [-0.39, 0.29) is 0 Å². The van der Waals surface area contributed by atoms with E-state index in [1.807, 2.05) is 15.9 Å². The zero-order chi connectivity index (χ0) is 13.0. The fraction of sp³-hybridized carbons (Fsp3) is 0.500. The first kappa shape index (κ1) is 11.3. The standard InChI is InChI=1S/C14H16N4S/c1-3-10-16-13-12-11-8(2)5-4-6-9(11)19-14(12)15-7-18(13)17-10/h7-8H,3-6H2,1-2H3. The first-order valence-electron chi connectivity index (χ1n) is 6.93. The van der Waals surface area contributed by atoms with E-state index in [1.54, 1.807) is 6.33 Å². The van der Waals surface area contributed by atoms with Gasteiger partial charge in [0.2, 0.25) is 0 Å². The maximum Gasteiger partial charge on any atom is 0.167 e. The fourth-order valence-electron chi connectivity index (χ4n) is 3.08. The number of aryl methyl sites for hydroxylation is 2. The highest BCUT2D eigenvalue weighted by Crippen LogP contribution is 2.42. The van der Waals surface area contributed by atoms with Gasteiger partial charge in [-0.1, -0.05) is 13.8 Å². The van der Waals surface area contributed by atoms with E-state index in [0.717, 1.165) is 22.7 Å². The molecule has 0 saturated carbocycles. The van der Waals surface area contributed by atoms with Crippen molar-refractivity contribution < 1.29 is 0 Å². The molecule has 0 aliphatic heterocycles. The van der Waals surface area contributed by atoms with Crippen molar-refractivity contribution in [2.75, 3.05) is 0 Å². The maximum absolute atomic E-state index is 4.69. The summed E-state index contributed by atoms with van der Waals surface area (Å²) in [7, 11) is 0. The molecule has 4 rings (SSSR count). The topological polar surface area (TPSA) is 43.1 Å². The highest BCUT2D eigenvalue weighted by atomic mass is 32.1. The van der Waals surface area contributed by atoms with Crippen LogP contribution in [-0.4, -0.2) is 19.6 Å². The van der Waals surface area contributed by atoms with Crippen LogP contribution in [0, 0.1) is 0 Å². The van der Waals surface area contributed by atoms with Crippen molar-refractivity contribution in [2.24, 2.45) is 0 Å². The van der Waals surface area contributed by atoms with Crippen LogP contribution in [0.25, 0.3) is 15.9 Å². The monoisotopic (exact) mass is 272 g/mol. The number of aromatic nitrogens is 4. The maximum atomic E-state index is 4.69. The average molecular weight is 272 g/mol. The van der Waals surface area contributed by atoms with E-state index in [0.29, 0.717) is 5.92 Å². The predicted octanol–water partition coefficient (Wildman–Crippen LogP) is 3.34. The predicted molar refractivity (Wildman–Crippen MR) is 76.9 cm³/mol. The molecule has 1 atom stereocenters. The van der Waals surface area contributed by atoms with Crippen molar-refractivity contribution >= 4 is 27.2 Å². The van der Waals surface area contributed by atoms with E-state index in [9.17, 15) is 0 Å². The third-order valence-corrected chi connectivity index (χ3v) is 5.21. The van der Waals surface area contributed by atoms with Gasteiger partial charge in [0.15, 0.2) is 11.5 Å². The number of hydrogen-bond acceptors (Lipinski definition) is 4. The van der Waals surface area contributed by atoms with E-state index >= 15 is 0 Å². The van der Waals surface area contributed by atoms with Gasteiger partial charge in [-0.05, 0) is 30.7 Å². The summed E-state index contributed by atoms with van der Waals surface area (Å²) in [5.74, 6) is 1.52. The Labute approximate surface area is 115 Å². The van der Waals surface area contributed by atoms with Gasteiger partial charge in [-0.15, -0.1) is 16.4 Å². The van der Waals surface area contributed by atoms with Crippen LogP contribution in [0.1, 0.15) is 48.9 Å². The number of rotatable bonds is 1. The van der Waals surface area contributed by atoms with Crippen molar-refractivity contribution in [1.29, 1.82) is 0 Å². The highest BCUT2D eigenvalue weighted by molar-refractivity contribution is 7.19. The van der Waals surface area contributed by atoms with Gasteiger partial charge in [-0.3, -0.25) is 0 Å². The summed E-state index contributed by atoms with van der Waals surface area (Å²) in [6.45, 7) is 4.41. The molecular weight excluding hydrogens is 256 g/mol. The van der Waals surface area contributed by atoms with E-state index in [4.69, 9.17) is 4.98 Å². The van der Waals surface area contributed by atoms with E-state index in [2.05, 4.69) is 23.9 Å². The molecule has 3 heterocycles. The van der Waals surface area contributed by atoms with Gasteiger partial charge < -0.3 is 0 Å². The van der Waals surface area contributed by atoms with Crippen LogP contribution < -0.4 is 0 Å². The smallest absolute Gasteiger partial charge is 0.167 e. The van der Waals surface area contributed by atoms with Gasteiger partial charge in [-0.2, -0.15) is 0 Å². The SMILES string of the molecule is CCc1nc2c3c4c(sc3ncn2n1)CCCC4C. The van der Waals surface area contributed by atoms with Gasteiger partial charge in [0.25, 0.3) is 0 Å². The summed E-state index contributed by atoms with van der Waals surface area (Å²) in [5, 5.41) is 5.73. The Morgan fingerprint density at radius 2 is 2.37 bits per heavy atom. The molecule has 3 aromatic rings. The lowest BCUT2D eigenvalue weighted by molar-refractivity contribution is 0.602. The zero-order valence-electron chi connectivity index (χ0n) is 11.2. The van der Waals surface area contributed by atoms with Gasteiger partial charge >= 0.3 is 0 Å². The van der Waals surface area contributed by atoms with Crippen LogP contribution in [0.3, 0.4) is 0 Å². The minimum Gasteiger partial charge on any atom is -0.225 e. The highest BCUT2D eigenvalue weighted by Gasteiger charge is 2.24. The largest absolute Gasteiger partial charge is 0.225 e. The zero-order valence-corrected chi connectivity index (χ0v) is 12.0.